The smallest absolute Gasteiger partial charge is 0.256 e. The van der Waals surface area contributed by atoms with Crippen molar-refractivity contribution in [3.05, 3.63) is 34.4 Å². The molecule has 0 spiro atoms. The van der Waals surface area contributed by atoms with Crippen molar-refractivity contribution in [1.82, 2.24) is 9.47 Å². The van der Waals surface area contributed by atoms with Gasteiger partial charge >= 0.3 is 0 Å². The molecule has 1 atom stereocenters. The van der Waals surface area contributed by atoms with Gasteiger partial charge in [-0.2, -0.15) is 0 Å². The number of likely N-dealkylation sites (tertiary alicyclic amines) is 1. The zero-order valence-electron chi connectivity index (χ0n) is 11.9. The van der Waals surface area contributed by atoms with E-state index >= 15 is 0 Å². The Morgan fingerprint density at radius 3 is 2.90 bits per heavy atom. The third-order valence-electron chi connectivity index (χ3n) is 4.23. The van der Waals surface area contributed by atoms with Crippen LogP contribution in [0.15, 0.2) is 28.9 Å². The summed E-state index contributed by atoms with van der Waals surface area (Å²) >= 11 is 3.51. The second-order valence-electron chi connectivity index (χ2n) is 5.48. The topological polar surface area (TPSA) is 25.2 Å². The number of aromatic nitrogens is 1. The van der Waals surface area contributed by atoms with Gasteiger partial charge in [-0.25, -0.2) is 0 Å². The number of carbonyl (C=O) groups is 1. The number of halogens is 1. The fourth-order valence-corrected chi connectivity index (χ4v) is 3.44. The first-order chi connectivity index (χ1) is 9.61. The summed E-state index contributed by atoms with van der Waals surface area (Å²) in [4.78, 5) is 14.8. The Balaban J connectivity index is 2.09. The number of nitrogens with zero attached hydrogens (tertiary/aromatic N) is 2. The minimum Gasteiger partial charge on any atom is -0.347 e. The molecule has 4 heteroatoms. The minimum absolute atomic E-state index is 0.175. The predicted molar refractivity (Wildman–Crippen MR) is 85.0 cm³/mol. The zero-order chi connectivity index (χ0) is 14.3. The summed E-state index contributed by atoms with van der Waals surface area (Å²) in [5, 5.41) is 1.05. The molecule has 0 N–H and O–H groups in total. The maximum atomic E-state index is 12.8. The van der Waals surface area contributed by atoms with Gasteiger partial charge in [-0.05, 0) is 38.8 Å². The number of fused-ring (bicyclic) bond motifs is 1. The molecular weight excluding hydrogens is 316 g/mol. The van der Waals surface area contributed by atoms with Crippen LogP contribution in [0.1, 0.15) is 37.0 Å². The highest BCUT2D eigenvalue weighted by atomic mass is 79.9. The molecule has 0 aliphatic carbocycles. The molecule has 0 bridgehead atoms. The Hall–Kier alpha value is -1.29. The molecule has 1 aliphatic rings. The van der Waals surface area contributed by atoms with Crippen molar-refractivity contribution in [3.63, 3.8) is 0 Å². The van der Waals surface area contributed by atoms with Crippen LogP contribution in [0.5, 0.6) is 0 Å². The molecule has 2 aromatic rings. The molecule has 1 amide bonds. The van der Waals surface area contributed by atoms with Crippen LogP contribution in [0, 0.1) is 0 Å². The monoisotopic (exact) mass is 334 g/mol. The number of aryl methyl sites for hydroxylation is 1. The lowest BCUT2D eigenvalue weighted by atomic mass is 10.1. The number of benzene rings is 1. The van der Waals surface area contributed by atoms with Gasteiger partial charge < -0.3 is 9.47 Å². The van der Waals surface area contributed by atoms with Crippen LogP contribution in [0.4, 0.5) is 0 Å². The van der Waals surface area contributed by atoms with Crippen LogP contribution in [-0.4, -0.2) is 28.0 Å². The SMILES string of the molecule is CCn1cc(C(=O)N2CCCC2C)c2ccc(Br)cc21. The quantitative estimate of drug-likeness (QED) is 0.813. The van der Waals surface area contributed by atoms with Crippen molar-refractivity contribution >= 4 is 32.7 Å². The Morgan fingerprint density at radius 1 is 1.45 bits per heavy atom. The molecule has 3 rings (SSSR count). The van der Waals surface area contributed by atoms with Crippen molar-refractivity contribution in [2.24, 2.45) is 0 Å². The van der Waals surface area contributed by atoms with Crippen molar-refractivity contribution in [1.29, 1.82) is 0 Å². The Bertz CT molecular complexity index is 662. The van der Waals surface area contributed by atoms with Crippen LogP contribution in [0.3, 0.4) is 0 Å². The molecule has 1 aliphatic heterocycles. The number of rotatable bonds is 2. The lowest BCUT2D eigenvalue weighted by molar-refractivity contribution is 0.0749. The highest BCUT2D eigenvalue weighted by Gasteiger charge is 2.28. The summed E-state index contributed by atoms with van der Waals surface area (Å²) in [6, 6.07) is 6.49. The summed E-state index contributed by atoms with van der Waals surface area (Å²) in [7, 11) is 0. The van der Waals surface area contributed by atoms with E-state index in [0.717, 1.165) is 46.9 Å². The van der Waals surface area contributed by atoms with Crippen LogP contribution >= 0.6 is 15.9 Å². The van der Waals surface area contributed by atoms with Crippen molar-refractivity contribution in [2.45, 2.75) is 39.3 Å². The van der Waals surface area contributed by atoms with E-state index in [1.807, 2.05) is 23.2 Å². The summed E-state index contributed by atoms with van der Waals surface area (Å²) in [6.07, 6.45) is 4.24. The summed E-state index contributed by atoms with van der Waals surface area (Å²) in [5.74, 6) is 0.175. The average Bonchev–Trinajstić information content (AvgIpc) is 3.01. The molecule has 20 heavy (non-hydrogen) atoms. The van der Waals surface area contributed by atoms with Crippen molar-refractivity contribution < 1.29 is 4.79 Å². The molecule has 0 radical (unpaired) electrons. The fourth-order valence-electron chi connectivity index (χ4n) is 3.09. The van der Waals surface area contributed by atoms with E-state index in [4.69, 9.17) is 0 Å². The number of hydrogen-bond donors (Lipinski definition) is 0. The molecule has 1 fully saturated rings. The highest BCUT2D eigenvalue weighted by molar-refractivity contribution is 9.10. The van der Waals surface area contributed by atoms with Crippen LogP contribution in [-0.2, 0) is 6.54 Å². The zero-order valence-corrected chi connectivity index (χ0v) is 13.5. The normalized spacial score (nSPS) is 18.9. The van der Waals surface area contributed by atoms with E-state index in [2.05, 4.69) is 40.4 Å². The molecule has 1 aromatic carbocycles. The van der Waals surface area contributed by atoms with E-state index < -0.39 is 0 Å². The number of hydrogen-bond acceptors (Lipinski definition) is 1. The summed E-state index contributed by atoms with van der Waals surface area (Å²) < 4.78 is 3.19. The standard InChI is InChI=1S/C16H19BrN2O/c1-3-18-10-14(13-7-6-12(17)9-15(13)18)16(20)19-8-4-5-11(19)2/h6-7,9-11H,3-5,8H2,1-2H3. The molecule has 1 unspecified atom stereocenters. The van der Waals surface area contributed by atoms with Gasteiger partial charge in [0.1, 0.15) is 0 Å². The molecule has 1 aromatic heterocycles. The minimum atomic E-state index is 0.175. The molecule has 0 saturated carbocycles. The third-order valence-corrected chi connectivity index (χ3v) is 4.72. The third kappa shape index (κ3) is 2.16. The van der Waals surface area contributed by atoms with Gasteiger partial charge in [0.05, 0.1) is 5.56 Å². The number of amides is 1. The Labute approximate surface area is 127 Å². The van der Waals surface area contributed by atoms with Crippen LogP contribution < -0.4 is 0 Å². The Kier molecular flexibility index (Phi) is 3.59. The number of carbonyl (C=O) groups excluding carboxylic acids is 1. The molecule has 3 nitrogen and oxygen atoms in total. The Morgan fingerprint density at radius 2 is 2.25 bits per heavy atom. The molecule has 1 saturated heterocycles. The maximum Gasteiger partial charge on any atom is 0.256 e. The van der Waals surface area contributed by atoms with Gasteiger partial charge in [0.15, 0.2) is 0 Å². The first kappa shape index (κ1) is 13.7. The second-order valence-corrected chi connectivity index (χ2v) is 6.40. The van der Waals surface area contributed by atoms with Gasteiger partial charge in [-0.15, -0.1) is 0 Å². The average molecular weight is 335 g/mol. The molecule has 106 valence electrons. The lowest BCUT2D eigenvalue weighted by Crippen LogP contribution is -2.33. The van der Waals surface area contributed by atoms with E-state index in [-0.39, 0.29) is 5.91 Å². The fraction of sp³-hybridized carbons (Fsp3) is 0.438. The van der Waals surface area contributed by atoms with Gasteiger partial charge in [0, 0.05) is 40.7 Å². The van der Waals surface area contributed by atoms with E-state index in [9.17, 15) is 4.79 Å². The van der Waals surface area contributed by atoms with E-state index in [1.165, 1.54) is 0 Å². The predicted octanol–water partition coefficient (Wildman–Crippen LogP) is 4.05. The van der Waals surface area contributed by atoms with E-state index in [1.54, 1.807) is 0 Å². The molecule has 2 heterocycles. The van der Waals surface area contributed by atoms with Gasteiger partial charge in [0.2, 0.25) is 0 Å². The van der Waals surface area contributed by atoms with Gasteiger partial charge in [-0.3, -0.25) is 4.79 Å². The maximum absolute atomic E-state index is 12.8. The van der Waals surface area contributed by atoms with Gasteiger partial charge in [0.25, 0.3) is 5.91 Å². The summed E-state index contributed by atoms with van der Waals surface area (Å²) in [6.45, 7) is 6.00. The first-order valence-corrected chi connectivity index (χ1v) is 8.00. The highest BCUT2D eigenvalue weighted by Crippen LogP contribution is 2.28. The first-order valence-electron chi connectivity index (χ1n) is 7.21. The van der Waals surface area contributed by atoms with Crippen molar-refractivity contribution in [2.75, 3.05) is 6.54 Å². The largest absolute Gasteiger partial charge is 0.347 e. The van der Waals surface area contributed by atoms with Gasteiger partial charge in [-0.1, -0.05) is 22.0 Å². The second kappa shape index (κ2) is 5.24. The molecular formula is C16H19BrN2O. The van der Waals surface area contributed by atoms with Crippen LogP contribution in [0.2, 0.25) is 0 Å². The van der Waals surface area contributed by atoms with E-state index in [0.29, 0.717) is 6.04 Å². The lowest BCUT2D eigenvalue weighted by Gasteiger charge is -2.21. The summed E-state index contributed by atoms with van der Waals surface area (Å²) in [5.41, 5.74) is 1.96. The van der Waals surface area contributed by atoms with Crippen LogP contribution in [0.25, 0.3) is 10.9 Å². The van der Waals surface area contributed by atoms with Crippen molar-refractivity contribution in [3.8, 4) is 0 Å².